The van der Waals surface area contributed by atoms with Gasteiger partial charge in [-0.15, -0.1) is 0 Å². The fourth-order valence-electron chi connectivity index (χ4n) is 3.81. The minimum Gasteiger partial charge on any atom is -0.452 e. The number of hydrogen-bond acceptors (Lipinski definition) is 6. The average molecular weight is 416 g/mol. The number of fused-ring (bicyclic) bond motifs is 3. The van der Waals surface area contributed by atoms with Gasteiger partial charge in [0.1, 0.15) is 0 Å². The molecule has 0 unspecified atom stereocenters. The summed E-state index contributed by atoms with van der Waals surface area (Å²) >= 11 is 0. The molecule has 1 fully saturated rings. The van der Waals surface area contributed by atoms with Crippen LogP contribution in [0.3, 0.4) is 0 Å². The Balaban J connectivity index is 1.94. The van der Waals surface area contributed by atoms with Crippen LogP contribution in [0.1, 0.15) is 49.9 Å². The normalized spacial score (nSPS) is 19.8. The Morgan fingerprint density at radius 3 is 2.60 bits per heavy atom. The van der Waals surface area contributed by atoms with Crippen molar-refractivity contribution < 1.29 is 28.7 Å². The molecule has 2 aliphatic heterocycles. The Kier molecular flexibility index (Phi) is 6.04. The van der Waals surface area contributed by atoms with E-state index in [-0.39, 0.29) is 31.2 Å². The Hall–Kier alpha value is -3.43. The molecular weight excluding hydrogens is 392 g/mol. The van der Waals surface area contributed by atoms with Crippen molar-refractivity contribution in [3.05, 3.63) is 29.8 Å². The van der Waals surface area contributed by atoms with Crippen molar-refractivity contribution in [2.24, 2.45) is 0 Å². The summed E-state index contributed by atoms with van der Waals surface area (Å²) in [5, 5.41) is 0. The first kappa shape index (κ1) is 21.3. The molecule has 1 saturated heterocycles. The highest BCUT2D eigenvalue weighted by atomic mass is 16.5. The summed E-state index contributed by atoms with van der Waals surface area (Å²) in [6.45, 7) is 2.77. The standard InChI is InChI=1S/C20H24N4O6/c1-3-4-11-23-18(28)14-7-5-6-8-15(14)24-17(27)9-10-20(23,24)19(29)30-12-16(26)22-21-13(2)25/h5-8H,3-4,9-12H2,1-2H3,(H,21,25)(H,22,26)/t20-/m0/s1. The molecule has 1 aromatic rings. The largest absolute Gasteiger partial charge is 0.452 e. The van der Waals surface area contributed by atoms with Crippen molar-refractivity contribution >= 4 is 35.3 Å². The van der Waals surface area contributed by atoms with E-state index in [1.54, 1.807) is 24.3 Å². The van der Waals surface area contributed by atoms with Crippen molar-refractivity contribution in [2.75, 3.05) is 18.1 Å². The van der Waals surface area contributed by atoms with Crippen LogP contribution >= 0.6 is 0 Å². The number of amides is 4. The van der Waals surface area contributed by atoms with Crippen LogP contribution in [0.5, 0.6) is 0 Å². The summed E-state index contributed by atoms with van der Waals surface area (Å²) in [5.74, 6) is -2.74. The molecule has 0 aromatic heterocycles. The summed E-state index contributed by atoms with van der Waals surface area (Å²) in [6.07, 6.45) is 1.55. The average Bonchev–Trinajstić information content (AvgIpc) is 3.08. The minimum atomic E-state index is -1.63. The molecule has 0 aliphatic carbocycles. The van der Waals surface area contributed by atoms with E-state index in [0.717, 1.165) is 6.42 Å². The second kappa shape index (κ2) is 8.52. The van der Waals surface area contributed by atoms with E-state index >= 15 is 0 Å². The smallest absolute Gasteiger partial charge is 0.354 e. The molecule has 10 nitrogen and oxygen atoms in total. The van der Waals surface area contributed by atoms with Gasteiger partial charge in [0.05, 0.1) is 11.3 Å². The molecule has 2 N–H and O–H groups in total. The number of ether oxygens (including phenoxy) is 1. The predicted octanol–water partition coefficient (Wildman–Crippen LogP) is 0.476. The molecule has 10 heteroatoms. The summed E-state index contributed by atoms with van der Waals surface area (Å²) in [4.78, 5) is 64.7. The van der Waals surface area contributed by atoms with Crippen molar-refractivity contribution in [3.63, 3.8) is 0 Å². The fraction of sp³-hybridized carbons (Fsp3) is 0.450. The van der Waals surface area contributed by atoms with Gasteiger partial charge in [-0.25, -0.2) is 4.79 Å². The van der Waals surface area contributed by atoms with Gasteiger partial charge in [0.2, 0.25) is 17.5 Å². The molecule has 30 heavy (non-hydrogen) atoms. The maximum absolute atomic E-state index is 13.3. The zero-order valence-electron chi connectivity index (χ0n) is 16.9. The molecule has 0 saturated carbocycles. The van der Waals surface area contributed by atoms with Gasteiger partial charge >= 0.3 is 5.97 Å². The van der Waals surface area contributed by atoms with E-state index in [4.69, 9.17) is 4.74 Å². The van der Waals surface area contributed by atoms with Crippen molar-refractivity contribution in [1.29, 1.82) is 0 Å². The number of esters is 1. The lowest BCUT2D eigenvalue weighted by molar-refractivity contribution is -0.160. The van der Waals surface area contributed by atoms with Gasteiger partial charge in [-0.2, -0.15) is 0 Å². The fourth-order valence-corrected chi connectivity index (χ4v) is 3.81. The highest BCUT2D eigenvalue weighted by Crippen LogP contribution is 2.45. The molecule has 3 rings (SSSR count). The lowest BCUT2D eigenvalue weighted by atomic mass is 9.96. The van der Waals surface area contributed by atoms with Crippen LogP contribution in [0.2, 0.25) is 0 Å². The highest BCUT2D eigenvalue weighted by Gasteiger charge is 2.61. The van der Waals surface area contributed by atoms with Crippen LogP contribution in [0, 0.1) is 0 Å². The van der Waals surface area contributed by atoms with Crippen molar-refractivity contribution in [2.45, 2.75) is 45.2 Å². The van der Waals surface area contributed by atoms with Gasteiger partial charge in [-0.05, 0) is 18.6 Å². The molecule has 2 aliphatic rings. The van der Waals surface area contributed by atoms with Crippen LogP contribution in [-0.4, -0.2) is 53.3 Å². The van der Waals surface area contributed by atoms with Crippen molar-refractivity contribution in [3.8, 4) is 0 Å². The van der Waals surface area contributed by atoms with Gasteiger partial charge in [-0.3, -0.25) is 34.9 Å². The first-order valence-electron chi connectivity index (χ1n) is 9.79. The van der Waals surface area contributed by atoms with Crippen molar-refractivity contribution in [1.82, 2.24) is 15.8 Å². The lowest BCUT2D eigenvalue weighted by Crippen LogP contribution is -2.68. The van der Waals surface area contributed by atoms with Crippen LogP contribution in [0.15, 0.2) is 24.3 Å². The number of carbonyl (C=O) groups is 5. The van der Waals surface area contributed by atoms with Crippen LogP contribution in [0.25, 0.3) is 0 Å². The van der Waals surface area contributed by atoms with Gasteiger partial charge < -0.3 is 9.64 Å². The maximum atomic E-state index is 13.3. The van der Waals surface area contributed by atoms with Gasteiger partial charge in [0.15, 0.2) is 6.61 Å². The second-order valence-corrected chi connectivity index (χ2v) is 7.18. The van der Waals surface area contributed by atoms with Gasteiger partial charge in [0.25, 0.3) is 11.8 Å². The Bertz CT molecular complexity index is 901. The Morgan fingerprint density at radius 1 is 1.17 bits per heavy atom. The highest BCUT2D eigenvalue weighted by molar-refractivity contribution is 6.15. The second-order valence-electron chi connectivity index (χ2n) is 7.18. The number of nitrogens with one attached hydrogen (secondary N) is 2. The third-order valence-corrected chi connectivity index (χ3v) is 5.15. The molecule has 4 amide bonds. The number of carbonyl (C=O) groups excluding carboxylic acids is 5. The monoisotopic (exact) mass is 416 g/mol. The number of para-hydroxylation sites is 1. The molecular formula is C20H24N4O6. The molecule has 0 radical (unpaired) electrons. The maximum Gasteiger partial charge on any atom is 0.354 e. The SMILES string of the molecule is CCCCN1C(=O)c2ccccc2N2C(=O)CC[C@]12C(=O)OCC(=O)NNC(C)=O. The van der Waals surface area contributed by atoms with E-state index in [1.165, 1.54) is 16.7 Å². The molecule has 0 spiro atoms. The molecule has 160 valence electrons. The topological polar surface area (TPSA) is 125 Å². The lowest BCUT2D eigenvalue weighted by Gasteiger charge is -2.48. The predicted molar refractivity (Wildman–Crippen MR) is 105 cm³/mol. The molecule has 1 atom stereocenters. The zero-order valence-corrected chi connectivity index (χ0v) is 16.9. The third kappa shape index (κ3) is 3.60. The molecule has 2 heterocycles. The number of unbranched alkanes of at least 4 members (excludes halogenated alkanes) is 1. The summed E-state index contributed by atoms with van der Waals surface area (Å²) in [5.41, 5.74) is 3.27. The van der Waals surface area contributed by atoms with E-state index < -0.39 is 30.1 Å². The number of benzene rings is 1. The zero-order chi connectivity index (χ0) is 21.9. The van der Waals surface area contributed by atoms with E-state index in [0.29, 0.717) is 17.7 Å². The minimum absolute atomic E-state index is 0.0669. The Morgan fingerprint density at radius 2 is 1.90 bits per heavy atom. The summed E-state index contributed by atoms with van der Waals surface area (Å²) in [7, 11) is 0. The number of nitrogens with zero attached hydrogens (tertiary/aromatic N) is 2. The summed E-state index contributed by atoms with van der Waals surface area (Å²) in [6, 6.07) is 6.64. The van der Waals surface area contributed by atoms with Gasteiger partial charge in [0, 0.05) is 26.3 Å². The van der Waals surface area contributed by atoms with E-state index in [2.05, 4.69) is 10.9 Å². The number of anilines is 1. The third-order valence-electron chi connectivity index (χ3n) is 5.15. The Labute approximate surface area is 173 Å². The van der Waals surface area contributed by atoms with E-state index in [1.807, 2.05) is 6.92 Å². The van der Waals surface area contributed by atoms with Gasteiger partial charge in [-0.1, -0.05) is 25.5 Å². The van der Waals surface area contributed by atoms with Crippen LogP contribution in [-0.2, 0) is 23.9 Å². The summed E-state index contributed by atoms with van der Waals surface area (Å²) < 4.78 is 5.21. The number of rotatable bonds is 6. The molecule has 0 bridgehead atoms. The molecule has 1 aromatic carbocycles. The number of hydrogen-bond donors (Lipinski definition) is 2. The quantitative estimate of drug-likeness (QED) is 0.513. The first-order valence-corrected chi connectivity index (χ1v) is 9.79. The van der Waals surface area contributed by atoms with Crippen LogP contribution in [0.4, 0.5) is 5.69 Å². The van der Waals surface area contributed by atoms with E-state index in [9.17, 15) is 24.0 Å². The first-order chi connectivity index (χ1) is 14.3. The van der Waals surface area contributed by atoms with Crippen LogP contribution < -0.4 is 15.8 Å². The number of hydrazine groups is 1.